The lowest BCUT2D eigenvalue weighted by atomic mass is 10.1. The summed E-state index contributed by atoms with van der Waals surface area (Å²) in [6, 6.07) is 7.29. The molecular formula is C19H23N3O4. The molecule has 1 aliphatic rings. The van der Waals surface area contributed by atoms with Crippen molar-refractivity contribution in [2.24, 2.45) is 0 Å². The third kappa shape index (κ3) is 4.22. The van der Waals surface area contributed by atoms with Crippen LogP contribution in [0, 0.1) is 13.8 Å². The van der Waals surface area contributed by atoms with Gasteiger partial charge >= 0.3 is 0 Å². The van der Waals surface area contributed by atoms with Crippen LogP contribution in [0.1, 0.15) is 40.2 Å². The lowest BCUT2D eigenvalue weighted by molar-refractivity contribution is -0.121. The number of nitrogens with zero attached hydrogens (tertiary/aromatic N) is 2. The van der Waals surface area contributed by atoms with Crippen molar-refractivity contribution in [3.05, 3.63) is 46.8 Å². The number of hydrogen-bond acceptors (Lipinski definition) is 5. The average molecular weight is 357 g/mol. The molecule has 138 valence electrons. The van der Waals surface area contributed by atoms with E-state index in [0.717, 1.165) is 24.1 Å². The number of rotatable bonds is 7. The van der Waals surface area contributed by atoms with Gasteiger partial charge < -0.3 is 19.5 Å². The minimum absolute atomic E-state index is 0.0214. The Morgan fingerprint density at radius 1 is 1.31 bits per heavy atom. The van der Waals surface area contributed by atoms with Crippen LogP contribution in [0.15, 0.2) is 28.8 Å². The highest BCUT2D eigenvalue weighted by atomic mass is 16.5. The smallest absolute Gasteiger partial charge is 0.257 e. The Morgan fingerprint density at radius 3 is 2.69 bits per heavy atom. The fraction of sp³-hybridized carbons (Fsp3) is 0.421. The van der Waals surface area contributed by atoms with E-state index in [-0.39, 0.29) is 31.0 Å². The van der Waals surface area contributed by atoms with Gasteiger partial charge in [-0.3, -0.25) is 9.59 Å². The number of amides is 2. The fourth-order valence-electron chi connectivity index (χ4n) is 2.62. The molecule has 1 aliphatic carbocycles. The topological polar surface area (TPSA) is 84.7 Å². The zero-order valence-corrected chi connectivity index (χ0v) is 15.2. The van der Waals surface area contributed by atoms with E-state index in [0.29, 0.717) is 17.1 Å². The van der Waals surface area contributed by atoms with Crippen molar-refractivity contribution >= 4 is 11.8 Å². The first-order valence-corrected chi connectivity index (χ1v) is 8.64. The molecule has 0 aliphatic heterocycles. The zero-order valence-electron chi connectivity index (χ0n) is 15.2. The van der Waals surface area contributed by atoms with E-state index in [1.165, 1.54) is 4.90 Å². The first-order valence-electron chi connectivity index (χ1n) is 8.64. The minimum atomic E-state index is -0.259. The normalized spacial score (nSPS) is 13.3. The van der Waals surface area contributed by atoms with E-state index < -0.39 is 0 Å². The van der Waals surface area contributed by atoms with Crippen molar-refractivity contribution in [3.8, 4) is 5.75 Å². The molecule has 7 heteroatoms. The largest absolute Gasteiger partial charge is 0.488 e. The lowest BCUT2D eigenvalue weighted by Crippen LogP contribution is -2.39. The van der Waals surface area contributed by atoms with E-state index in [1.807, 2.05) is 13.8 Å². The third-order valence-electron chi connectivity index (χ3n) is 4.34. The average Bonchev–Trinajstić information content (AvgIpc) is 3.37. The van der Waals surface area contributed by atoms with E-state index in [4.69, 9.17) is 9.26 Å². The molecule has 1 saturated carbocycles. The monoisotopic (exact) mass is 357 g/mol. The molecule has 1 fully saturated rings. The maximum Gasteiger partial charge on any atom is 0.257 e. The number of ether oxygens (including phenoxy) is 1. The number of carbonyl (C=O) groups is 2. The predicted molar refractivity (Wildman–Crippen MR) is 94.9 cm³/mol. The van der Waals surface area contributed by atoms with Gasteiger partial charge in [-0.15, -0.1) is 0 Å². The van der Waals surface area contributed by atoms with Crippen molar-refractivity contribution in [2.45, 2.75) is 39.3 Å². The Kier molecular flexibility index (Phi) is 5.25. The zero-order chi connectivity index (χ0) is 18.7. The quantitative estimate of drug-likeness (QED) is 0.821. The Labute approximate surface area is 152 Å². The van der Waals surface area contributed by atoms with E-state index in [9.17, 15) is 9.59 Å². The summed E-state index contributed by atoms with van der Waals surface area (Å²) in [7, 11) is 1.61. The second-order valence-corrected chi connectivity index (χ2v) is 6.59. The van der Waals surface area contributed by atoms with Crippen molar-refractivity contribution in [2.75, 3.05) is 13.6 Å². The molecule has 1 N–H and O–H groups in total. The van der Waals surface area contributed by atoms with Crippen LogP contribution in [0.2, 0.25) is 0 Å². The molecular weight excluding hydrogens is 334 g/mol. The van der Waals surface area contributed by atoms with Crippen molar-refractivity contribution in [1.29, 1.82) is 0 Å². The first-order chi connectivity index (χ1) is 12.5. The fourth-order valence-corrected chi connectivity index (χ4v) is 2.62. The molecule has 1 aromatic carbocycles. The molecule has 3 rings (SSSR count). The van der Waals surface area contributed by atoms with Gasteiger partial charge in [-0.05, 0) is 38.8 Å². The summed E-state index contributed by atoms with van der Waals surface area (Å²) >= 11 is 0. The predicted octanol–water partition coefficient (Wildman–Crippen LogP) is 2.22. The maximum absolute atomic E-state index is 12.7. The summed E-state index contributed by atoms with van der Waals surface area (Å²) in [6.07, 6.45) is 2.03. The highest BCUT2D eigenvalue weighted by Gasteiger charge is 2.25. The number of likely N-dealkylation sites (N-methyl/N-ethyl adjacent to an activating group) is 1. The highest BCUT2D eigenvalue weighted by molar-refractivity contribution is 5.98. The number of nitrogens with one attached hydrogen (secondary N) is 1. The Hall–Kier alpha value is -2.83. The van der Waals surface area contributed by atoms with Crippen LogP contribution in [-0.2, 0) is 11.4 Å². The number of carbonyl (C=O) groups excluding carboxylic acids is 2. The Balaban J connectivity index is 1.67. The van der Waals surface area contributed by atoms with Gasteiger partial charge in [-0.1, -0.05) is 17.3 Å². The first kappa shape index (κ1) is 18.0. The maximum atomic E-state index is 12.7. The summed E-state index contributed by atoms with van der Waals surface area (Å²) in [5, 5.41) is 6.78. The molecule has 0 atom stereocenters. The Bertz CT molecular complexity index is 791. The summed E-state index contributed by atoms with van der Waals surface area (Å²) in [6.45, 7) is 3.95. The van der Waals surface area contributed by atoms with Gasteiger partial charge in [-0.25, -0.2) is 0 Å². The molecule has 2 amide bonds. The molecule has 1 aromatic heterocycles. The van der Waals surface area contributed by atoms with Gasteiger partial charge in [-0.2, -0.15) is 0 Å². The van der Waals surface area contributed by atoms with Gasteiger partial charge in [0.1, 0.15) is 18.1 Å². The van der Waals surface area contributed by atoms with E-state index in [1.54, 1.807) is 31.3 Å². The number of para-hydroxylation sites is 1. The molecule has 26 heavy (non-hydrogen) atoms. The van der Waals surface area contributed by atoms with Crippen LogP contribution in [-0.4, -0.2) is 41.5 Å². The van der Waals surface area contributed by atoms with Crippen molar-refractivity contribution in [3.63, 3.8) is 0 Å². The summed E-state index contributed by atoms with van der Waals surface area (Å²) < 4.78 is 11.0. The van der Waals surface area contributed by atoms with Crippen molar-refractivity contribution < 1.29 is 18.8 Å². The molecule has 0 unspecified atom stereocenters. The highest BCUT2D eigenvalue weighted by Crippen LogP contribution is 2.23. The van der Waals surface area contributed by atoms with Crippen LogP contribution in [0.4, 0.5) is 0 Å². The third-order valence-corrected chi connectivity index (χ3v) is 4.34. The molecule has 0 radical (unpaired) electrons. The molecule has 7 nitrogen and oxygen atoms in total. The van der Waals surface area contributed by atoms with Crippen LogP contribution in [0.5, 0.6) is 5.75 Å². The van der Waals surface area contributed by atoms with Crippen LogP contribution in [0.3, 0.4) is 0 Å². The molecule has 0 spiro atoms. The SMILES string of the molecule is Cc1noc(C)c1COc1ccccc1C(=O)N(C)CC(=O)NC1CC1. The van der Waals surface area contributed by atoms with Gasteiger partial charge in [0.05, 0.1) is 23.4 Å². The molecule has 2 aromatic rings. The van der Waals surface area contributed by atoms with E-state index in [2.05, 4.69) is 10.5 Å². The van der Waals surface area contributed by atoms with Crippen molar-refractivity contribution in [1.82, 2.24) is 15.4 Å². The number of benzene rings is 1. The summed E-state index contributed by atoms with van der Waals surface area (Å²) in [5.74, 6) is 0.759. The van der Waals surface area contributed by atoms with Gasteiger partial charge in [0.2, 0.25) is 5.91 Å². The second kappa shape index (κ2) is 7.59. The van der Waals surface area contributed by atoms with Gasteiger partial charge in [0.15, 0.2) is 0 Å². The van der Waals surface area contributed by atoms with Crippen LogP contribution >= 0.6 is 0 Å². The number of aromatic nitrogens is 1. The summed E-state index contributed by atoms with van der Waals surface area (Å²) in [4.78, 5) is 26.1. The van der Waals surface area contributed by atoms with E-state index >= 15 is 0 Å². The number of hydrogen-bond donors (Lipinski definition) is 1. The van der Waals surface area contributed by atoms with Gasteiger partial charge in [0, 0.05) is 13.1 Å². The number of aryl methyl sites for hydroxylation is 2. The minimum Gasteiger partial charge on any atom is -0.488 e. The van der Waals surface area contributed by atoms with Crippen LogP contribution < -0.4 is 10.1 Å². The lowest BCUT2D eigenvalue weighted by Gasteiger charge is -2.19. The molecule has 1 heterocycles. The second-order valence-electron chi connectivity index (χ2n) is 6.59. The molecule has 0 bridgehead atoms. The standard InChI is InChI=1S/C19H23N3O4/c1-12-16(13(2)26-21-12)11-25-17-7-5-4-6-15(17)19(24)22(3)10-18(23)20-14-8-9-14/h4-7,14H,8-11H2,1-3H3,(H,20,23). The Morgan fingerprint density at radius 2 is 2.04 bits per heavy atom. The van der Waals surface area contributed by atoms with Gasteiger partial charge in [0.25, 0.3) is 5.91 Å². The molecule has 0 saturated heterocycles. The summed E-state index contributed by atoms with van der Waals surface area (Å²) in [5.41, 5.74) is 2.05. The van der Waals surface area contributed by atoms with Crippen LogP contribution in [0.25, 0.3) is 0 Å².